The third-order valence-corrected chi connectivity index (χ3v) is 15.4. The summed E-state index contributed by atoms with van der Waals surface area (Å²) in [6.07, 6.45) is 60.5. The zero-order chi connectivity index (χ0) is 53.0. The fourth-order valence-electron chi connectivity index (χ4n) is 10.3. The summed E-state index contributed by atoms with van der Waals surface area (Å²) in [5.74, 6) is 0.358. The van der Waals surface area contributed by atoms with Crippen molar-refractivity contribution in [3.63, 3.8) is 0 Å². The minimum absolute atomic E-state index is 0.107. The number of rotatable bonds is 62. The molecular formula is C64H130N6O3. The summed E-state index contributed by atoms with van der Waals surface area (Å²) >= 11 is 0. The summed E-state index contributed by atoms with van der Waals surface area (Å²) in [5, 5.41) is 9.59. The predicted octanol–water partition coefficient (Wildman–Crippen LogP) is 16.7. The SMILES string of the molecule is CCCCCCCCCCCCCCCCNC(=O)CCN(CCCCCN)CCN(CCC(=O)NCCCCCCCCCCCCCCCC)CCC(=O)NCCCCCCCCCCCCCCCC. The highest BCUT2D eigenvalue weighted by Crippen LogP contribution is 2.16. The third-order valence-electron chi connectivity index (χ3n) is 15.4. The summed E-state index contributed by atoms with van der Waals surface area (Å²) in [6.45, 7) is 14.3. The van der Waals surface area contributed by atoms with Gasteiger partial charge in [-0.25, -0.2) is 0 Å². The Morgan fingerprint density at radius 2 is 0.466 bits per heavy atom. The minimum Gasteiger partial charge on any atom is -0.356 e. The normalized spacial score (nSPS) is 11.6. The number of carbonyl (C=O) groups is 3. The maximum absolute atomic E-state index is 13.1. The van der Waals surface area contributed by atoms with Gasteiger partial charge in [-0.05, 0) is 45.2 Å². The van der Waals surface area contributed by atoms with E-state index in [1.165, 1.54) is 250 Å². The van der Waals surface area contributed by atoms with E-state index >= 15 is 0 Å². The highest BCUT2D eigenvalue weighted by molar-refractivity contribution is 5.77. The first-order chi connectivity index (χ1) is 36.0. The second-order valence-electron chi connectivity index (χ2n) is 22.6. The highest BCUT2D eigenvalue weighted by atomic mass is 16.2. The van der Waals surface area contributed by atoms with Gasteiger partial charge in [0.2, 0.25) is 17.7 Å². The van der Waals surface area contributed by atoms with Crippen molar-refractivity contribution < 1.29 is 14.4 Å². The predicted molar refractivity (Wildman–Crippen MR) is 320 cm³/mol. The number of hydrogen-bond acceptors (Lipinski definition) is 6. The molecule has 0 aromatic heterocycles. The molecule has 0 aliphatic rings. The molecule has 0 saturated carbocycles. The first kappa shape index (κ1) is 71.3. The number of hydrogen-bond donors (Lipinski definition) is 4. The second kappa shape index (κ2) is 61.1. The van der Waals surface area contributed by atoms with E-state index < -0.39 is 0 Å². The Hall–Kier alpha value is -1.71. The molecule has 0 aromatic rings. The number of carbonyl (C=O) groups excluding carboxylic acids is 3. The topological polar surface area (TPSA) is 120 Å². The lowest BCUT2D eigenvalue weighted by atomic mass is 10.0. The standard InChI is InChI=1S/C64H130N6O3/c1-4-7-10-13-16-19-22-25-28-31-34-37-40-45-53-66-62(71)49-57-69(56-48-43-44-52-65)60-61-70(58-50-63(72)67-54-46-41-38-35-32-29-26-23-20-17-14-11-8-5-2)59-51-64(73)68-55-47-42-39-36-33-30-27-24-21-18-15-12-9-6-3/h4-61,65H2,1-3H3,(H,66,71)(H,67,72)(H,68,73). The van der Waals surface area contributed by atoms with Gasteiger partial charge in [-0.1, -0.05) is 278 Å². The summed E-state index contributed by atoms with van der Waals surface area (Å²) < 4.78 is 0. The zero-order valence-corrected chi connectivity index (χ0v) is 49.7. The van der Waals surface area contributed by atoms with E-state index in [9.17, 15) is 14.4 Å². The molecule has 73 heavy (non-hydrogen) atoms. The Morgan fingerprint density at radius 3 is 0.699 bits per heavy atom. The van der Waals surface area contributed by atoms with Gasteiger partial charge < -0.3 is 31.5 Å². The molecule has 0 bridgehead atoms. The van der Waals surface area contributed by atoms with E-state index in [1.54, 1.807) is 0 Å². The average molecular weight is 1030 g/mol. The van der Waals surface area contributed by atoms with Crippen LogP contribution in [0.1, 0.15) is 329 Å². The fourth-order valence-corrected chi connectivity index (χ4v) is 10.3. The van der Waals surface area contributed by atoms with Crippen LogP contribution in [-0.4, -0.2) is 93.0 Å². The summed E-state index contributed by atoms with van der Waals surface area (Å²) in [6, 6.07) is 0. The first-order valence-corrected chi connectivity index (χ1v) is 32.9. The molecule has 0 unspecified atom stereocenters. The minimum atomic E-state index is 0.107. The van der Waals surface area contributed by atoms with Gasteiger partial charge >= 0.3 is 0 Å². The van der Waals surface area contributed by atoms with Gasteiger partial charge in [0, 0.05) is 71.6 Å². The third kappa shape index (κ3) is 57.8. The molecule has 0 heterocycles. The molecule has 0 aliphatic carbocycles. The molecule has 0 aliphatic heterocycles. The molecule has 0 aromatic carbocycles. The van der Waals surface area contributed by atoms with E-state index in [-0.39, 0.29) is 17.7 Å². The molecule has 9 nitrogen and oxygen atoms in total. The van der Waals surface area contributed by atoms with Crippen molar-refractivity contribution in [3.8, 4) is 0 Å². The highest BCUT2D eigenvalue weighted by Gasteiger charge is 2.15. The van der Waals surface area contributed by atoms with Gasteiger partial charge in [-0.3, -0.25) is 14.4 Å². The number of nitrogens with two attached hydrogens (primary N) is 1. The van der Waals surface area contributed by atoms with Crippen molar-refractivity contribution in [2.75, 3.05) is 65.4 Å². The molecule has 0 fully saturated rings. The Kier molecular flexibility index (Phi) is 59.7. The van der Waals surface area contributed by atoms with Crippen LogP contribution < -0.4 is 21.7 Å². The quantitative estimate of drug-likeness (QED) is 0.0451. The molecule has 0 radical (unpaired) electrons. The van der Waals surface area contributed by atoms with Crippen molar-refractivity contribution in [1.29, 1.82) is 0 Å². The van der Waals surface area contributed by atoms with Crippen molar-refractivity contribution in [1.82, 2.24) is 25.8 Å². The Morgan fingerprint density at radius 1 is 0.260 bits per heavy atom. The van der Waals surface area contributed by atoms with Gasteiger partial charge in [-0.15, -0.1) is 0 Å². The van der Waals surface area contributed by atoms with E-state index in [0.29, 0.717) is 38.9 Å². The maximum Gasteiger partial charge on any atom is 0.221 e. The molecule has 0 saturated heterocycles. The molecule has 0 rings (SSSR count). The van der Waals surface area contributed by atoms with Crippen LogP contribution in [0.25, 0.3) is 0 Å². The summed E-state index contributed by atoms with van der Waals surface area (Å²) in [4.78, 5) is 43.9. The lowest BCUT2D eigenvalue weighted by Crippen LogP contribution is -2.40. The van der Waals surface area contributed by atoms with Crippen LogP contribution in [0.15, 0.2) is 0 Å². The van der Waals surface area contributed by atoms with E-state index in [4.69, 9.17) is 5.73 Å². The van der Waals surface area contributed by atoms with Gasteiger partial charge in [0.05, 0.1) is 0 Å². The Labute approximate surface area is 456 Å². The maximum atomic E-state index is 13.1. The number of nitrogens with zero attached hydrogens (tertiary/aromatic N) is 2. The van der Waals surface area contributed by atoms with Crippen LogP contribution in [0, 0.1) is 0 Å². The van der Waals surface area contributed by atoms with E-state index in [0.717, 1.165) is 84.3 Å². The molecule has 0 atom stereocenters. The van der Waals surface area contributed by atoms with Crippen LogP contribution >= 0.6 is 0 Å². The van der Waals surface area contributed by atoms with Crippen molar-refractivity contribution in [2.45, 2.75) is 329 Å². The fraction of sp³-hybridized carbons (Fsp3) is 0.953. The number of unbranched alkanes of at least 4 members (excludes halogenated alkanes) is 41. The molecule has 0 spiro atoms. The van der Waals surface area contributed by atoms with Gasteiger partial charge in [0.15, 0.2) is 0 Å². The van der Waals surface area contributed by atoms with Crippen LogP contribution in [0.3, 0.4) is 0 Å². The van der Waals surface area contributed by atoms with E-state index in [2.05, 4.69) is 46.5 Å². The first-order valence-electron chi connectivity index (χ1n) is 32.9. The average Bonchev–Trinajstić information content (AvgIpc) is 3.39. The molecule has 3 amide bonds. The lowest BCUT2D eigenvalue weighted by molar-refractivity contribution is -0.122. The van der Waals surface area contributed by atoms with E-state index in [1.807, 2.05) is 0 Å². The summed E-state index contributed by atoms with van der Waals surface area (Å²) in [7, 11) is 0. The zero-order valence-electron chi connectivity index (χ0n) is 49.7. The number of amides is 3. The second-order valence-corrected chi connectivity index (χ2v) is 22.6. The van der Waals surface area contributed by atoms with Crippen LogP contribution in [0.2, 0.25) is 0 Å². The molecule has 9 heteroatoms. The number of nitrogens with one attached hydrogen (secondary N) is 3. The van der Waals surface area contributed by atoms with Crippen LogP contribution in [0.4, 0.5) is 0 Å². The largest absolute Gasteiger partial charge is 0.356 e. The van der Waals surface area contributed by atoms with Crippen LogP contribution in [0.5, 0.6) is 0 Å². The van der Waals surface area contributed by atoms with Crippen LogP contribution in [-0.2, 0) is 14.4 Å². The Bertz CT molecular complexity index is 1080. The lowest BCUT2D eigenvalue weighted by Gasteiger charge is -2.27. The van der Waals surface area contributed by atoms with Crippen molar-refractivity contribution in [3.05, 3.63) is 0 Å². The van der Waals surface area contributed by atoms with Gasteiger partial charge in [-0.2, -0.15) is 0 Å². The molecular weight excluding hydrogens is 901 g/mol. The molecule has 434 valence electrons. The van der Waals surface area contributed by atoms with Crippen molar-refractivity contribution >= 4 is 17.7 Å². The smallest absolute Gasteiger partial charge is 0.221 e. The van der Waals surface area contributed by atoms with Gasteiger partial charge in [0.1, 0.15) is 0 Å². The van der Waals surface area contributed by atoms with Crippen molar-refractivity contribution in [2.24, 2.45) is 5.73 Å². The summed E-state index contributed by atoms with van der Waals surface area (Å²) in [5.41, 5.74) is 5.83. The monoisotopic (exact) mass is 1030 g/mol. The van der Waals surface area contributed by atoms with Gasteiger partial charge in [0.25, 0.3) is 0 Å². The Balaban J connectivity index is 4.77. The molecule has 5 N–H and O–H groups in total.